The fraction of sp³-hybridized carbons (Fsp3) is 0.500. The molecule has 0 aliphatic rings. The van der Waals surface area contributed by atoms with Crippen molar-refractivity contribution in [1.82, 2.24) is 0 Å². The highest BCUT2D eigenvalue weighted by molar-refractivity contribution is 5.81. The Morgan fingerprint density at radius 3 is 2.18 bits per heavy atom. The third-order valence-corrected chi connectivity index (χ3v) is 1.75. The van der Waals surface area contributed by atoms with Crippen molar-refractivity contribution >= 4 is 11.9 Å². The third-order valence-electron chi connectivity index (χ3n) is 1.75. The highest BCUT2D eigenvalue weighted by Gasteiger charge is 2.14. The lowest BCUT2D eigenvalue weighted by molar-refractivity contribution is -0.182. The Morgan fingerprint density at radius 1 is 1.18 bits per heavy atom. The molecule has 2 unspecified atom stereocenters. The van der Waals surface area contributed by atoms with Crippen LogP contribution in [0.15, 0.2) is 25.3 Å². The number of carbonyl (C=O) groups excluding carboxylic acids is 2. The zero-order valence-electron chi connectivity index (χ0n) is 10.2. The minimum Gasteiger partial charge on any atom is -0.457 e. The molecule has 96 valence electrons. The van der Waals surface area contributed by atoms with Crippen molar-refractivity contribution in [3.63, 3.8) is 0 Å². The summed E-state index contributed by atoms with van der Waals surface area (Å²) in [6, 6.07) is 0. The number of esters is 2. The molecule has 0 aromatic rings. The average molecular weight is 242 g/mol. The molecule has 0 saturated heterocycles. The topological polar surface area (TPSA) is 61.8 Å². The van der Waals surface area contributed by atoms with E-state index >= 15 is 0 Å². The van der Waals surface area contributed by atoms with Crippen LogP contribution in [-0.2, 0) is 23.8 Å². The van der Waals surface area contributed by atoms with Crippen LogP contribution in [0.4, 0.5) is 0 Å². The molecule has 0 rings (SSSR count). The summed E-state index contributed by atoms with van der Waals surface area (Å²) in [5, 5.41) is 0. The van der Waals surface area contributed by atoms with Gasteiger partial charge in [-0.3, -0.25) is 0 Å². The van der Waals surface area contributed by atoms with Crippen molar-refractivity contribution < 1.29 is 23.8 Å². The quantitative estimate of drug-likeness (QED) is 0.367. The molecular formula is C12H18O5. The molecule has 0 saturated carbocycles. The Balaban J connectivity index is 3.96. The van der Waals surface area contributed by atoms with Gasteiger partial charge in [0.15, 0.2) is 0 Å². The number of carbonyl (C=O) groups is 2. The van der Waals surface area contributed by atoms with E-state index in [0.717, 1.165) is 12.2 Å². The van der Waals surface area contributed by atoms with Gasteiger partial charge in [-0.05, 0) is 6.92 Å². The van der Waals surface area contributed by atoms with Gasteiger partial charge in [0.1, 0.15) is 6.10 Å². The predicted octanol–water partition coefficient (Wildman–Crippen LogP) is 1.59. The van der Waals surface area contributed by atoms with Crippen LogP contribution in [0, 0.1) is 0 Å². The minimum absolute atomic E-state index is 0.141. The molecule has 0 bridgehead atoms. The summed E-state index contributed by atoms with van der Waals surface area (Å²) in [4.78, 5) is 21.8. The zero-order chi connectivity index (χ0) is 13.3. The molecule has 0 aliphatic carbocycles. The molecule has 0 heterocycles. The summed E-state index contributed by atoms with van der Waals surface area (Å²) >= 11 is 0. The van der Waals surface area contributed by atoms with Crippen LogP contribution < -0.4 is 0 Å². The minimum atomic E-state index is -0.662. The lowest BCUT2D eigenvalue weighted by atomic mass is 10.4. The molecule has 2 atom stereocenters. The van der Waals surface area contributed by atoms with Crippen molar-refractivity contribution in [2.75, 3.05) is 6.61 Å². The van der Waals surface area contributed by atoms with E-state index in [1.54, 1.807) is 13.8 Å². The Bertz CT molecular complexity index is 285. The third kappa shape index (κ3) is 7.30. The van der Waals surface area contributed by atoms with Crippen LogP contribution in [0.1, 0.15) is 20.3 Å². The molecule has 0 aromatic heterocycles. The first-order chi connectivity index (χ1) is 8.03. The van der Waals surface area contributed by atoms with Gasteiger partial charge in [0, 0.05) is 18.6 Å². The smallest absolute Gasteiger partial charge is 0.332 e. The summed E-state index contributed by atoms with van der Waals surface area (Å²) < 4.78 is 15.0. The van der Waals surface area contributed by atoms with Crippen LogP contribution in [0.5, 0.6) is 0 Å². The van der Waals surface area contributed by atoms with Crippen LogP contribution in [0.2, 0.25) is 0 Å². The first-order valence-corrected chi connectivity index (χ1v) is 5.31. The summed E-state index contributed by atoms with van der Waals surface area (Å²) in [5.41, 5.74) is 0. The molecule has 17 heavy (non-hydrogen) atoms. The summed E-state index contributed by atoms with van der Waals surface area (Å²) in [6.45, 7) is 10.2. The maximum atomic E-state index is 10.9. The van der Waals surface area contributed by atoms with E-state index in [-0.39, 0.29) is 6.61 Å². The molecule has 0 radical (unpaired) electrons. The molecule has 5 heteroatoms. The van der Waals surface area contributed by atoms with Gasteiger partial charge in [-0.15, -0.1) is 0 Å². The van der Waals surface area contributed by atoms with Gasteiger partial charge in [0.05, 0.1) is 6.61 Å². The fourth-order valence-corrected chi connectivity index (χ4v) is 0.936. The number of hydrogen-bond donors (Lipinski definition) is 0. The molecule has 0 fully saturated rings. The lowest BCUT2D eigenvalue weighted by Gasteiger charge is -2.18. The monoisotopic (exact) mass is 242 g/mol. The van der Waals surface area contributed by atoms with Crippen molar-refractivity contribution in [3.05, 3.63) is 25.3 Å². The molecule has 0 N–H and O–H groups in total. The van der Waals surface area contributed by atoms with Gasteiger partial charge in [0.2, 0.25) is 6.29 Å². The van der Waals surface area contributed by atoms with Gasteiger partial charge in [-0.2, -0.15) is 0 Å². The van der Waals surface area contributed by atoms with Gasteiger partial charge in [0.25, 0.3) is 0 Å². The molecule has 0 spiro atoms. The van der Waals surface area contributed by atoms with Gasteiger partial charge in [-0.1, -0.05) is 20.1 Å². The molecule has 0 aliphatic heterocycles. The van der Waals surface area contributed by atoms with Crippen LogP contribution in [0.3, 0.4) is 0 Å². The second-order valence-corrected chi connectivity index (χ2v) is 3.26. The van der Waals surface area contributed by atoms with Crippen LogP contribution in [-0.4, -0.2) is 30.9 Å². The maximum absolute atomic E-state index is 10.9. The molecule has 5 nitrogen and oxygen atoms in total. The largest absolute Gasteiger partial charge is 0.457 e. The van der Waals surface area contributed by atoms with Crippen molar-refractivity contribution in [3.8, 4) is 0 Å². The van der Waals surface area contributed by atoms with Gasteiger partial charge >= 0.3 is 11.9 Å². The highest BCUT2D eigenvalue weighted by atomic mass is 16.7. The molecule has 0 aromatic carbocycles. The van der Waals surface area contributed by atoms with E-state index in [4.69, 9.17) is 14.2 Å². The van der Waals surface area contributed by atoms with E-state index < -0.39 is 24.3 Å². The normalized spacial score (nSPS) is 13.3. The van der Waals surface area contributed by atoms with Crippen molar-refractivity contribution in [2.45, 2.75) is 32.7 Å². The molecule has 0 amide bonds. The first-order valence-electron chi connectivity index (χ1n) is 5.31. The summed E-state index contributed by atoms with van der Waals surface area (Å²) in [6.07, 6.45) is 1.54. The van der Waals surface area contributed by atoms with E-state index in [9.17, 15) is 9.59 Å². The van der Waals surface area contributed by atoms with E-state index in [1.165, 1.54) is 0 Å². The Hall–Kier alpha value is -1.62. The fourth-order valence-electron chi connectivity index (χ4n) is 0.936. The van der Waals surface area contributed by atoms with Crippen molar-refractivity contribution in [1.29, 1.82) is 0 Å². The zero-order valence-corrected chi connectivity index (χ0v) is 10.2. The van der Waals surface area contributed by atoms with Crippen LogP contribution >= 0.6 is 0 Å². The lowest BCUT2D eigenvalue weighted by Crippen LogP contribution is -2.26. The SMILES string of the molecule is C=CC(=O)OC(C)COC(CC)OC(=O)C=C. The predicted molar refractivity (Wildman–Crippen MR) is 62.1 cm³/mol. The Kier molecular flexibility index (Phi) is 7.71. The van der Waals surface area contributed by atoms with E-state index in [2.05, 4.69) is 13.2 Å². The Morgan fingerprint density at radius 2 is 1.71 bits per heavy atom. The number of ether oxygens (including phenoxy) is 3. The second kappa shape index (κ2) is 8.52. The van der Waals surface area contributed by atoms with E-state index in [1.807, 2.05) is 0 Å². The average Bonchev–Trinajstić information content (AvgIpc) is 2.33. The van der Waals surface area contributed by atoms with Gasteiger partial charge in [-0.25, -0.2) is 9.59 Å². The van der Waals surface area contributed by atoms with Crippen LogP contribution in [0.25, 0.3) is 0 Å². The van der Waals surface area contributed by atoms with E-state index in [0.29, 0.717) is 6.42 Å². The molecular weight excluding hydrogens is 224 g/mol. The second-order valence-electron chi connectivity index (χ2n) is 3.26. The maximum Gasteiger partial charge on any atom is 0.332 e. The Labute approximate surface area is 101 Å². The number of rotatable bonds is 8. The standard InChI is InChI=1S/C12H18O5/c1-5-10(13)16-9(4)8-15-12(7-3)17-11(14)6-2/h5-6,9,12H,1-2,7-8H2,3-4H3. The van der Waals surface area contributed by atoms with Gasteiger partial charge < -0.3 is 14.2 Å². The summed E-state index contributed by atoms with van der Waals surface area (Å²) in [5.74, 6) is -1.06. The highest BCUT2D eigenvalue weighted by Crippen LogP contribution is 2.04. The summed E-state index contributed by atoms with van der Waals surface area (Å²) in [7, 11) is 0. The van der Waals surface area contributed by atoms with Crippen molar-refractivity contribution in [2.24, 2.45) is 0 Å². The first kappa shape index (κ1) is 15.4. The number of hydrogen-bond acceptors (Lipinski definition) is 5.